The number of ether oxygens (including phenoxy) is 1. The van der Waals surface area contributed by atoms with E-state index in [4.69, 9.17) is 4.74 Å². The Morgan fingerprint density at radius 1 is 1.43 bits per heavy atom. The minimum Gasteiger partial charge on any atom is -0.462 e. The number of pyridine rings is 1. The van der Waals surface area contributed by atoms with E-state index in [1.54, 1.807) is 18.0 Å². The van der Waals surface area contributed by atoms with Crippen molar-refractivity contribution in [2.75, 3.05) is 18.2 Å². The van der Waals surface area contributed by atoms with E-state index in [1.165, 1.54) is 10.9 Å². The number of carbonyl (C=O) groups is 1. The summed E-state index contributed by atoms with van der Waals surface area (Å²) in [5, 5.41) is 1.68. The van der Waals surface area contributed by atoms with Crippen molar-refractivity contribution in [2.45, 2.75) is 13.0 Å². The maximum atomic E-state index is 13.6. The average Bonchev–Trinajstić information content (AvgIpc) is 3.29. The molecule has 1 unspecified atom stereocenters. The summed E-state index contributed by atoms with van der Waals surface area (Å²) < 4.78 is 33.4. The molecule has 2 heterocycles. The lowest BCUT2D eigenvalue weighted by Gasteiger charge is -2.15. The van der Waals surface area contributed by atoms with E-state index in [2.05, 4.69) is 6.58 Å². The SMILES string of the molecule is C=CC1CN1n1cc(C(=O)OCC)c(=O)c2cc(F)c(F)cc21. The Balaban J connectivity index is 2.29. The topological polar surface area (TPSA) is 51.3 Å². The lowest BCUT2D eigenvalue weighted by molar-refractivity contribution is 0.0524. The van der Waals surface area contributed by atoms with E-state index in [0.717, 1.165) is 12.1 Å². The van der Waals surface area contributed by atoms with Crippen molar-refractivity contribution < 1.29 is 18.3 Å². The van der Waals surface area contributed by atoms with Crippen LogP contribution in [-0.4, -0.2) is 29.8 Å². The summed E-state index contributed by atoms with van der Waals surface area (Å²) >= 11 is 0. The zero-order valence-electron chi connectivity index (χ0n) is 12.4. The number of fused-ring (bicyclic) bond motifs is 1. The number of rotatable bonds is 4. The van der Waals surface area contributed by atoms with Crippen molar-refractivity contribution in [3.63, 3.8) is 0 Å². The van der Waals surface area contributed by atoms with Crippen LogP contribution in [0, 0.1) is 11.6 Å². The maximum Gasteiger partial charge on any atom is 0.343 e. The van der Waals surface area contributed by atoms with Crippen molar-refractivity contribution in [1.82, 2.24) is 4.68 Å². The molecule has 23 heavy (non-hydrogen) atoms. The molecule has 5 nitrogen and oxygen atoms in total. The van der Waals surface area contributed by atoms with Crippen LogP contribution in [0.25, 0.3) is 10.9 Å². The van der Waals surface area contributed by atoms with Gasteiger partial charge in [0, 0.05) is 12.3 Å². The summed E-state index contributed by atoms with van der Waals surface area (Å²) in [5.41, 5.74) is -0.725. The van der Waals surface area contributed by atoms with Gasteiger partial charge in [0.25, 0.3) is 0 Å². The van der Waals surface area contributed by atoms with Gasteiger partial charge in [-0.15, -0.1) is 6.58 Å². The van der Waals surface area contributed by atoms with Crippen LogP contribution in [-0.2, 0) is 4.74 Å². The number of hydrogen-bond donors (Lipinski definition) is 0. The fourth-order valence-corrected chi connectivity index (χ4v) is 2.46. The van der Waals surface area contributed by atoms with Crippen LogP contribution in [0.15, 0.2) is 35.8 Å². The molecule has 2 aromatic rings. The van der Waals surface area contributed by atoms with Gasteiger partial charge in [0.15, 0.2) is 11.6 Å². The third kappa shape index (κ3) is 2.48. The molecule has 0 saturated carbocycles. The van der Waals surface area contributed by atoms with Crippen LogP contribution in [0.5, 0.6) is 0 Å². The average molecular weight is 320 g/mol. The smallest absolute Gasteiger partial charge is 0.343 e. The molecule has 120 valence electrons. The van der Waals surface area contributed by atoms with Crippen molar-refractivity contribution in [3.8, 4) is 0 Å². The molecule has 1 aromatic heterocycles. The van der Waals surface area contributed by atoms with E-state index < -0.39 is 23.0 Å². The number of halogens is 2. The highest BCUT2D eigenvalue weighted by atomic mass is 19.2. The Hall–Kier alpha value is -2.70. The van der Waals surface area contributed by atoms with Gasteiger partial charge in [-0.2, -0.15) is 0 Å². The number of aromatic nitrogens is 1. The molecular formula is C16H14F2N2O3. The van der Waals surface area contributed by atoms with Crippen molar-refractivity contribution in [2.24, 2.45) is 0 Å². The summed E-state index contributed by atoms with van der Waals surface area (Å²) in [7, 11) is 0. The quantitative estimate of drug-likeness (QED) is 0.491. The fraction of sp³-hybridized carbons (Fsp3) is 0.250. The van der Waals surface area contributed by atoms with E-state index in [0.29, 0.717) is 6.54 Å². The van der Waals surface area contributed by atoms with Crippen LogP contribution >= 0.6 is 0 Å². The highest BCUT2D eigenvalue weighted by molar-refractivity contribution is 5.94. The molecular weight excluding hydrogens is 306 g/mol. The molecule has 0 spiro atoms. The van der Waals surface area contributed by atoms with E-state index in [-0.39, 0.29) is 29.1 Å². The van der Waals surface area contributed by atoms with Gasteiger partial charge in [-0.05, 0) is 13.0 Å². The standard InChI is InChI=1S/C16H14F2N2O3/c1-3-9-7-19(9)20-8-11(16(22)23-4-2)15(21)10-5-12(17)13(18)6-14(10)20/h3,5-6,8-9H,1,4,7H2,2H3. The maximum absolute atomic E-state index is 13.6. The molecule has 0 amide bonds. The molecule has 1 fully saturated rings. The second-order valence-electron chi connectivity index (χ2n) is 5.15. The lowest BCUT2D eigenvalue weighted by Crippen LogP contribution is -2.25. The molecule has 0 radical (unpaired) electrons. The summed E-state index contributed by atoms with van der Waals surface area (Å²) in [6, 6.07) is 1.75. The Labute approximate surface area is 130 Å². The van der Waals surface area contributed by atoms with Crippen molar-refractivity contribution >= 4 is 16.9 Å². The zero-order chi connectivity index (χ0) is 16.7. The van der Waals surface area contributed by atoms with E-state index in [1.807, 2.05) is 0 Å². The van der Waals surface area contributed by atoms with Gasteiger partial charge in [0.1, 0.15) is 5.56 Å². The number of benzene rings is 1. The summed E-state index contributed by atoms with van der Waals surface area (Å²) in [6.45, 7) is 5.99. The molecule has 1 atom stereocenters. The second-order valence-corrected chi connectivity index (χ2v) is 5.15. The minimum absolute atomic E-state index is 0.00358. The zero-order valence-corrected chi connectivity index (χ0v) is 12.4. The first-order chi connectivity index (χ1) is 11.0. The molecule has 1 saturated heterocycles. The monoisotopic (exact) mass is 320 g/mol. The van der Waals surface area contributed by atoms with Crippen LogP contribution in [0.4, 0.5) is 8.78 Å². The third-order valence-electron chi connectivity index (χ3n) is 3.69. The molecule has 0 N–H and O–H groups in total. The van der Waals surface area contributed by atoms with Gasteiger partial charge in [-0.25, -0.2) is 13.6 Å². The Kier molecular flexibility index (Phi) is 3.63. The Bertz CT molecular complexity index is 876. The minimum atomic E-state index is -1.15. The molecule has 7 heteroatoms. The van der Waals surface area contributed by atoms with Crippen LogP contribution in [0.2, 0.25) is 0 Å². The molecule has 1 aromatic carbocycles. The molecule has 3 rings (SSSR count). The normalized spacial score (nSPS) is 16.5. The highest BCUT2D eigenvalue weighted by Gasteiger charge is 2.33. The fourth-order valence-electron chi connectivity index (χ4n) is 2.46. The summed E-state index contributed by atoms with van der Waals surface area (Å²) in [4.78, 5) is 24.4. The molecule has 1 aliphatic heterocycles. The van der Waals surface area contributed by atoms with E-state index >= 15 is 0 Å². The third-order valence-corrected chi connectivity index (χ3v) is 3.69. The molecule has 1 aliphatic rings. The first-order valence-corrected chi connectivity index (χ1v) is 7.09. The van der Waals surface area contributed by atoms with Crippen LogP contribution < -0.4 is 10.4 Å². The number of hydrogen-bond acceptors (Lipinski definition) is 4. The summed E-state index contributed by atoms with van der Waals surface area (Å²) in [6.07, 6.45) is 2.98. The van der Waals surface area contributed by atoms with Crippen molar-refractivity contribution in [3.05, 3.63) is 58.4 Å². The predicted molar refractivity (Wildman–Crippen MR) is 81.1 cm³/mol. The van der Waals surface area contributed by atoms with Gasteiger partial charge < -0.3 is 9.75 Å². The molecule has 0 bridgehead atoms. The second kappa shape index (κ2) is 5.49. The molecule has 0 aliphatic carbocycles. The van der Waals surface area contributed by atoms with Crippen LogP contribution in [0.3, 0.4) is 0 Å². The van der Waals surface area contributed by atoms with Gasteiger partial charge in [-0.3, -0.25) is 9.47 Å². The highest BCUT2D eigenvalue weighted by Crippen LogP contribution is 2.23. The Morgan fingerprint density at radius 3 is 2.74 bits per heavy atom. The Morgan fingerprint density at radius 2 is 2.13 bits per heavy atom. The van der Waals surface area contributed by atoms with Gasteiger partial charge >= 0.3 is 5.97 Å². The van der Waals surface area contributed by atoms with Crippen molar-refractivity contribution in [1.29, 1.82) is 0 Å². The summed E-state index contributed by atoms with van der Waals surface area (Å²) in [5.74, 6) is -3.00. The van der Waals surface area contributed by atoms with Gasteiger partial charge in [0.2, 0.25) is 5.43 Å². The van der Waals surface area contributed by atoms with E-state index in [9.17, 15) is 18.4 Å². The number of esters is 1. The largest absolute Gasteiger partial charge is 0.462 e. The van der Waals surface area contributed by atoms with Gasteiger partial charge in [-0.1, -0.05) is 6.08 Å². The number of carbonyl (C=O) groups excluding carboxylic acids is 1. The first kappa shape index (κ1) is 15.2. The van der Waals surface area contributed by atoms with Gasteiger partial charge in [0.05, 0.1) is 30.1 Å². The lowest BCUT2D eigenvalue weighted by atomic mass is 10.1. The van der Waals surface area contributed by atoms with Crippen LogP contribution in [0.1, 0.15) is 17.3 Å². The first-order valence-electron chi connectivity index (χ1n) is 7.09. The number of nitrogens with zero attached hydrogens (tertiary/aromatic N) is 2. The predicted octanol–water partition coefficient (Wildman–Crippen LogP) is 1.96.